The van der Waals surface area contributed by atoms with Gasteiger partial charge in [-0.25, -0.2) is 9.18 Å². The molecule has 2 aromatic rings. The van der Waals surface area contributed by atoms with Crippen molar-refractivity contribution < 1.29 is 33.4 Å². The quantitative estimate of drug-likeness (QED) is 0.709. The number of amides is 2. The number of carbonyl (C=O) groups is 3. The normalized spacial score (nSPS) is 22.3. The highest BCUT2D eigenvalue weighted by Crippen LogP contribution is 2.33. The van der Waals surface area contributed by atoms with E-state index >= 15 is 0 Å². The van der Waals surface area contributed by atoms with Crippen LogP contribution in [0, 0.1) is 5.82 Å². The van der Waals surface area contributed by atoms with Gasteiger partial charge in [-0.2, -0.15) is 0 Å². The van der Waals surface area contributed by atoms with Crippen LogP contribution >= 0.6 is 0 Å². The maximum atomic E-state index is 13.2. The van der Waals surface area contributed by atoms with Gasteiger partial charge in [0.25, 0.3) is 11.8 Å². The third-order valence-corrected chi connectivity index (χ3v) is 5.54. The average molecular weight is 442 g/mol. The fourth-order valence-electron chi connectivity index (χ4n) is 3.94. The lowest BCUT2D eigenvalue weighted by atomic mass is 10.1. The molecule has 2 amide bonds. The maximum absolute atomic E-state index is 13.2. The Bertz CT molecular complexity index is 1030. The second kappa shape index (κ2) is 8.96. The number of hydrogen-bond donors (Lipinski definition) is 1. The molecule has 0 saturated carbocycles. The summed E-state index contributed by atoms with van der Waals surface area (Å²) in [6, 6.07) is 11.1. The van der Waals surface area contributed by atoms with E-state index in [1.165, 1.54) is 21.9 Å². The van der Waals surface area contributed by atoms with Crippen LogP contribution in [0.2, 0.25) is 0 Å². The number of hydrogen-bond acceptors (Lipinski definition) is 6. The van der Waals surface area contributed by atoms with Gasteiger partial charge in [0.1, 0.15) is 24.2 Å². The summed E-state index contributed by atoms with van der Waals surface area (Å²) >= 11 is 0. The fourth-order valence-corrected chi connectivity index (χ4v) is 3.94. The van der Waals surface area contributed by atoms with Crippen molar-refractivity contribution in [3.63, 3.8) is 0 Å². The number of rotatable bonds is 5. The molecule has 8 nitrogen and oxygen atoms in total. The summed E-state index contributed by atoms with van der Waals surface area (Å²) in [7, 11) is 0. The number of nitrogens with zero attached hydrogens (tertiary/aromatic N) is 2. The number of anilines is 1. The average Bonchev–Trinajstić information content (AvgIpc) is 3.18. The van der Waals surface area contributed by atoms with Crippen LogP contribution in [0.5, 0.6) is 5.75 Å². The molecular weight excluding hydrogens is 419 g/mol. The summed E-state index contributed by atoms with van der Waals surface area (Å²) in [6.07, 6.45) is -1.48. The van der Waals surface area contributed by atoms with E-state index in [1.54, 1.807) is 31.2 Å². The fraction of sp³-hybridized carbons (Fsp3) is 0.348. The first kappa shape index (κ1) is 21.8. The number of ether oxygens (including phenoxy) is 2. The van der Waals surface area contributed by atoms with Crippen molar-refractivity contribution in [2.45, 2.75) is 31.6 Å². The number of halogens is 1. The van der Waals surface area contributed by atoms with E-state index in [9.17, 15) is 23.9 Å². The van der Waals surface area contributed by atoms with Gasteiger partial charge < -0.3 is 24.4 Å². The highest BCUT2D eigenvalue weighted by molar-refractivity contribution is 6.00. The molecule has 0 radical (unpaired) electrons. The van der Waals surface area contributed by atoms with Crippen molar-refractivity contribution in [2.24, 2.45) is 0 Å². The van der Waals surface area contributed by atoms with E-state index in [0.717, 1.165) is 12.1 Å². The first-order chi connectivity index (χ1) is 15.3. The van der Waals surface area contributed by atoms with Crippen molar-refractivity contribution in [3.8, 4) is 5.75 Å². The van der Waals surface area contributed by atoms with E-state index in [1.807, 2.05) is 0 Å². The first-order valence-corrected chi connectivity index (χ1v) is 10.3. The summed E-state index contributed by atoms with van der Waals surface area (Å²) in [5.74, 6) is -1.31. The highest BCUT2D eigenvalue weighted by Gasteiger charge is 2.40. The summed E-state index contributed by atoms with van der Waals surface area (Å²) < 4.78 is 24.1. The molecule has 4 rings (SSSR count). The summed E-state index contributed by atoms with van der Waals surface area (Å²) in [4.78, 5) is 40.8. The Hall–Kier alpha value is -3.46. The zero-order valence-electron chi connectivity index (χ0n) is 17.4. The molecule has 1 fully saturated rings. The van der Waals surface area contributed by atoms with Gasteiger partial charge in [0.15, 0.2) is 6.10 Å². The smallest absolute Gasteiger partial charge is 0.329 e. The minimum Gasteiger partial charge on any atom is -0.479 e. The Morgan fingerprint density at radius 2 is 1.91 bits per heavy atom. The molecule has 0 bridgehead atoms. The molecule has 168 valence electrons. The lowest BCUT2D eigenvalue weighted by Crippen LogP contribution is -2.46. The van der Waals surface area contributed by atoms with Crippen molar-refractivity contribution in [1.82, 2.24) is 4.90 Å². The summed E-state index contributed by atoms with van der Waals surface area (Å²) in [5, 5.41) is 10.0. The first-order valence-electron chi connectivity index (χ1n) is 10.3. The molecule has 0 spiro atoms. The van der Waals surface area contributed by atoms with Crippen LogP contribution in [-0.2, 0) is 14.3 Å². The number of benzene rings is 2. The molecule has 0 aromatic heterocycles. The van der Waals surface area contributed by atoms with Gasteiger partial charge in [0.2, 0.25) is 0 Å². The molecule has 2 aliphatic heterocycles. The maximum Gasteiger partial charge on any atom is 0.329 e. The molecule has 1 saturated heterocycles. The Kier molecular flexibility index (Phi) is 6.09. The molecule has 2 aromatic carbocycles. The van der Waals surface area contributed by atoms with E-state index in [4.69, 9.17) is 9.47 Å². The Morgan fingerprint density at radius 1 is 1.19 bits per heavy atom. The predicted molar refractivity (Wildman–Crippen MR) is 112 cm³/mol. The van der Waals surface area contributed by atoms with Gasteiger partial charge in [0, 0.05) is 18.5 Å². The monoisotopic (exact) mass is 442 g/mol. The second-order valence-corrected chi connectivity index (χ2v) is 7.75. The van der Waals surface area contributed by atoms with E-state index in [-0.39, 0.29) is 37.6 Å². The van der Waals surface area contributed by atoms with E-state index in [2.05, 4.69) is 0 Å². The number of para-hydroxylation sites is 2. The Labute approximate surface area is 184 Å². The lowest BCUT2D eigenvalue weighted by molar-refractivity contribution is -0.148. The molecule has 2 aliphatic rings. The van der Waals surface area contributed by atoms with Crippen LogP contribution in [0.3, 0.4) is 0 Å². The Balaban J connectivity index is 1.40. The van der Waals surface area contributed by atoms with Crippen molar-refractivity contribution in [2.75, 3.05) is 24.6 Å². The van der Waals surface area contributed by atoms with Gasteiger partial charge in [-0.15, -0.1) is 0 Å². The minimum atomic E-state index is -0.964. The number of carbonyl (C=O) groups excluding carboxylic acids is 3. The van der Waals surface area contributed by atoms with E-state index in [0.29, 0.717) is 11.4 Å². The van der Waals surface area contributed by atoms with Crippen molar-refractivity contribution in [3.05, 3.63) is 59.9 Å². The van der Waals surface area contributed by atoms with Gasteiger partial charge in [-0.1, -0.05) is 12.1 Å². The van der Waals surface area contributed by atoms with Gasteiger partial charge in [0.05, 0.1) is 18.3 Å². The van der Waals surface area contributed by atoms with Crippen LogP contribution in [0.4, 0.5) is 10.1 Å². The largest absolute Gasteiger partial charge is 0.479 e. The third kappa shape index (κ3) is 4.29. The van der Waals surface area contributed by atoms with Crippen LogP contribution in [0.1, 0.15) is 23.7 Å². The van der Waals surface area contributed by atoms with Gasteiger partial charge >= 0.3 is 5.97 Å². The predicted octanol–water partition coefficient (Wildman–Crippen LogP) is 1.76. The Morgan fingerprint density at radius 3 is 2.66 bits per heavy atom. The van der Waals surface area contributed by atoms with Gasteiger partial charge in [-0.05, 0) is 43.3 Å². The highest BCUT2D eigenvalue weighted by atomic mass is 19.1. The molecule has 0 aliphatic carbocycles. The molecular formula is C23H23FN2O6. The standard InChI is InChI=1S/C23H23FN2O6/c1-14-21(28)25(18-4-2-3-5-20(18)32-14)10-11-31-23(30)19-12-17(27)13-26(19)22(29)15-6-8-16(24)9-7-15/h2-9,14,17,19,27H,10-13H2,1H3. The summed E-state index contributed by atoms with van der Waals surface area (Å²) in [6.45, 7) is 1.66. The molecule has 2 heterocycles. The van der Waals surface area contributed by atoms with Gasteiger partial charge in [-0.3, -0.25) is 9.59 Å². The third-order valence-electron chi connectivity index (χ3n) is 5.54. The van der Waals surface area contributed by atoms with Crippen LogP contribution in [0.15, 0.2) is 48.5 Å². The number of likely N-dealkylation sites (tertiary alicyclic amines) is 1. The number of esters is 1. The van der Waals surface area contributed by atoms with Crippen LogP contribution < -0.4 is 9.64 Å². The number of fused-ring (bicyclic) bond motifs is 1. The molecule has 1 N–H and O–H groups in total. The molecule has 32 heavy (non-hydrogen) atoms. The van der Waals surface area contributed by atoms with Crippen molar-refractivity contribution in [1.29, 1.82) is 0 Å². The summed E-state index contributed by atoms with van der Waals surface area (Å²) in [5.41, 5.74) is 0.804. The van der Waals surface area contributed by atoms with Crippen molar-refractivity contribution >= 4 is 23.5 Å². The lowest BCUT2D eigenvalue weighted by Gasteiger charge is -2.33. The topological polar surface area (TPSA) is 96.4 Å². The molecule has 3 atom stereocenters. The second-order valence-electron chi connectivity index (χ2n) is 7.75. The number of aliphatic hydroxyl groups excluding tert-OH is 1. The molecule has 3 unspecified atom stereocenters. The minimum absolute atomic E-state index is 0.0250. The van der Waals surface area contributed by atoms with E-state index < -0.39 is 35.9 Å². The molecule has 9 heteroatoms. The number of β-amino-alcohol motifs (C(OH)–C–C–N with tert-alkyl or cyclic N) is 1. The zero-order chi connectivity index (χ0) is 22.8. The SMILES string of the molecule is CC1Oc2ccccc2N(CCOC(=O)C2CC(O)CN2C(=O)c2ccc(F)cc2)C1=O. The van der Waals surface area contributed by atoms with Crippen LogP contribution in [0.25, 0.3) is 0 Å². The number of aliphatic hydroxyl groups is 1. The van der Waals surface area contributed by atoms with Crippen LogP contribution in [-0.4, -0.2) is 65.7 Å². The zero-order valence-corrected chi connectivity index (χ0v) is 17.4.